The van der Waals surface area contributed by atoms with Crippen LogP contribution in [0.3, 0.4) is 0 Å². The molecule has 1 aliphatic rings. The second kappa shape index (κ2) is 4.27. The number of carbonyl (C=O) groups is 1. The van der Waals surface area contributed by atoms with Gasteiger partial charge in [-0.15, -0.1) is 0 Å². The number of rotatable bonds is 1. The average molecular weight is 269 g/mol. The number of hydrogen-bond acceptors (Lipinski definition) is 1. The van der Waals surface area contributed by atoms with E-state index < -0.39 is 0 Å². The number of benzene rings is 1. The minimum absolute atomic E-state index is 0.139. The van der Waals surface area contributed by atoms with Crippen molar-refractivity contribution in [2.45, 2.75) is 19.3 Å². The van der Waals surface area contributed by atoms with Crippen LogP contribution in [0, 0.1) is 5.82 Å². The highest BCUT2D eigenvalue weighted by Gasteiger charge is 2.20. The van der Waals surface area contributed by atoms with Crippen molar-refractivity contribution < 1.29 is 9.18 Å². The van der Waals surface area contributed by atoms with Crippen LogP contribution in [0.15, 0.2) is 28.7 Å². The van der Waals surface area contributed by atoms with Gasteiger partial charge in [0.1, 0.15) is 5.82 Å². The van der Waals surface area contributed by atoms with Gasteiger partial charge >= 0.3 is 0 Å². The van der Waals surface area contributed by atoms with E-state index in [4.69, 9.17) is 0 Å². The molecule has 0 bridgehead atoms. The molecule has 3 heteroatoms. The number of Topliss-reactive ketones (excluding diaryl/α,β-unsaturated/α-hetero) is 1. The van der Waals surface area contributed by atoms with E-state index >= 15 is 0 Å². The fraction of sp³-hybridized carbons (Fsp3) is 0.250. The van der Waals surface area contributed by atoms with E-state index in [-0.39, 0.29) is 11.6 Å². The maximum absolute atomic E-state index is 12.7. The molecule has 0 amide bonds. The molecule has 0 aromatic heterocycles. The van der Waals surface area contributed by atoms with Crippen molar-refractivity contribution in [3.05, 3.63) is 40.1 Å². The highest BCUT2D eigenvalue weighted by molar-refractivity contribution is 9.11. The molecule has 15 heavy (non-hydrogen) atoms. The first-order chi connectivity index (χ1) is 7.18. The molecule has 2 rings (SSSR count). The van der Waals surface area contributed by atoms with Crippen LogP contribution in [0.1, 0.15) is 24.8 Å². The summed E-state index contributed by atoms with van der Waals surface area (Å²) in [7, 11) is 0. The predicted molar refractivity (Wildman–Crippen MR) is 61.1 cm³/mol. The molecule has 0 heterocycles. The Bertz CT molecular complexity index is 420. The van der Waals surface area contributed by atoms with Crippen LogP contribution in [-0.4, -0.2) is 5.78 Å². The summed E-state index contributed by atoms with van der Waals surface area (Å²) in [4.78, 5) is 11.7. The summed E-state index contributed by atoms with van der Waals surface area (Å²) in [5, 5.41) is 0. The molecule has 78 valence electrons. The van der Waals surface area contributed by atoms with Crippen molar-refractivity contribution in [1.82, 2.24) is 0 Å². The van der Waals surface area contributed by atoms with Crippen LogP contribution in [0.25, 0.3) is 5.57 Å². The zero-order chi connectivity index (χ0) is 10.8. The largest absolute Gasteiger partial charge is 0.294 e. The number of hydrogen-bond donors (Lipinski definition) is 0. The maximum Gasteiger partial charge on any atom is 0.164 e. The fourth-order valence-corrected chi connectivity index (χ4v) is 2.47. The average Bonchev–Trinajstić information content (AvgIpc) is 2.20. The van der Waals surface area contributed by atoms with Crippen LogP contribution in [0.4, 0.5) is 4.39 Å². The van der Waals surface area contributed by atoms with Gasteiger partial charge in [-0.3, -0.25) is 4.79 Å². The summed E-state index contributed by atoms with van der Waals surface area (Å²) < 4.78 is 13.7. The van der Waals surface area contributed by atoms with Gasteiger partial charge in [0.05, 0.1) is 0 Å². The lowest BCUT2D eigenvalue weighted by atomic mass is 9.92. The van der Waals surface area contributed by atoms with Gasteiger partial charge in [0.15, 0.2) is 5.78 Å². The summed E-state index contributed by atoms with van der Waals surface area (Å²) in [5.74, 6) is -0.140. The number of halogens is 2. The van der Waals surface area contributed by atoms with Crippen molar-refractivity contribution in [1.29, 1.82) is 0 Å². The summed E-state index contributed by atoms with van der Waals surface area (Å²) >= 11 is 3.42. The van der Waals surface area contributed by atoms with E-state index in [0.29, 0.717) is 12.0 Å². The van der Waals surface area contributed by atoms with Crippen LogP contribution < -0.4 is 0 Å². The highest BCUT2D eigenvalue weighted by Crippen LogP contribution is 2.33. The van der Waals surface area contributed by atoms with Crippen LogP contribution in [0.5, 0.6) is 0 Å². The molecule has 1 aliphatic carbocycles. The third-order valence-corrected chi connectivity index (χ3v) is 3.28. The van der Waals surface area contributed by atoms with E-state index in [9.17, 15) is 9.18 Å². The van der Waals surface area contributed by atoms with Crippen LogP contribution in [0.2, 0.25) is 0 Å². The SMILES string of the molecule is O=C1CCCC(Br)=C1c1ccc(F)cc1. The van der Waals surface area contributed by atoms with Crippen molar-refractivity contribution in [3.8, 4) is 0 Å². The lowest BCUT2D eigenvalue weighted by Gasteiger charge is -2.15. The minimum atomic E-state index is -0.279. The Hall–Kier alpha value is -0.960. The Morgan fingerprint density at radius 1 is 1.13 bits per heavy atom. The second-order valence-corrected chi connectivity index (χ2v) is 4.52. The van der Waals surface area contributed by atoms with Gasteiger partial charge in [-0.2, -0.15) is 0 Å². The first kappa shape index (κ1) is 10.6. The molecule has 0 spiro atoms. The minimum Gasteiger partial charge on any atom is -0.294 e. The first-order valence-electron chi connectivity index (χ1n) is 4.86. The van der Waals surface area contributed by atoms with E-state index in [1.807, 2.05) is 0 Å². The number of allylic oxidation sites excluding steroid dienone is 2. The third kappa shape index (κ3) is 2.17. The van der Waals surface area contributed by atoms with Crippen molar-refractivity contribution >= 4 is 27.3 Å². The molecule has 0 aliphatic heterocycles. The molecular weight excluding hydrogens is 259 g/mol. The van der Waals surface area contributed by atoms with Gasteiger partial charge in [0.2, 0.25) is 0 Å². The molecule has 0 radical (unpaired) electrons. The number of ketones is 1. The van der Waals surface area contributed by atoms with Gasteiger partial charge in [-0.25, -0.2) is 4.39 Å². The van der Waals surface area contributed by atoms with Gasteiger partial charge in [0, 0.05) is 16.5 Å². The maximum atomic E-state index is 12.7. The lowest BCUT2D eigenvalue weighted by molar-refractivity contribution is -0.114. The Kier molecular flexibility index (Phi) is 3.00. The Morgan fingerprint density at radius 3 is 2.40 bits per heavy atom. The van der Waals surface area contributed by atoms with Gasteiger partial charge in [-0.05, 0) is 30.5 Å². The monoisotopic (exact) mass is 268 g/mol. The summed E-state index contributed by atoms with van der Waals surface area (Å²) in [6, 6.07) is 6.05. The zero-order valence-electron chi connectivity index (χ0n) is 8.09. The second-order valence-electron chi connectivity index (χ2n) is 3.56. The molecule has 1 aromatic rings. The molecule has 0 saturated heterocycles. The molecule has 0 saturated carbocycles. The summed E-state index contributed by atoms with van der Waals surface area (Å²) in [6.07, 6.45) is 2.37. The molecule has 1 nitrogen and oxygen atoms in total. The lowest BCUT2D eigenvalue weighted by Crippen LogP contribution is -2.08. The van der Waals surface area contributed by atoms with Crippen molar-refractivity contribution in [2.24, 2.45) is 0 Å². The quantitative estimate of drug-likeness (QED) is 0.760. The highest BCUT2D eigenvalue weighted by atomic mass is 79.9. The topological polar surface area (TPSA) is 17.1 Å². The van der Waals surface area contributed by atoms with E-state index in [1.54, 1.807) is 12.1 Å². The first-order valence-corrected chi connectivity index (χ1v) is 5.65. The molecule has 0 N–H and O–H groups in total. The standard InChI is InChI=1S/C12H10BrFO/c13-10-2-1-3-11(15)12(10)8-4-6-9(14)7-5-8/h4-7H,1-3H2. The van der Waals surface area contributed by atoms with E-state index in [1.165, 1.54) is 12.1 Å². The van der Waals surface area contributed by atoms with Crippen molar-refractivity contribution in [2.75, 3.05) is 0 Å². The molecular formula is C12H10BrFO. The third-order valence-electron chi connectivity index (χ3n) is 2.48. The van der Waals surface area contributed by atoms with Gasteiger partial charge in [0.25, 0.3) is 0 Å². The van der Waals surface area contributed by atoms with Gasteiger partial charge in [-0.1, -0.05) is 28.1 Å². The zero-order valence-corrected chi connectivity index (χ0v) is 9.68. The van der Waals surface area contributed by atoms with Crippen LogP contribution in [-0.2, 0) is 4.79 Å². The normalized spacial score (nSPS) is 17.1. The number of carbonyl (C=O) groups excluding carboxylic acids is 1. The van der Waals surface area contributed by atoms with E-state index in [2.05, 4.69) is 15.9 Å². The van der Waals surface area contributed by atoms with Crippen molar-refractivity contribution in [3.63, 3.8) is 0 Å². The summed E-state index contributed by atoms with van der Waals surface area (Å²) in [5.41, 5.74) is 1.51. The fourth-order valence-electron chi connectivity index (χ4n) is 1.74. The molecule has 0 atom stereocenters. The Morgan fingerprint density at radius 2 is 1.80 bits per heavy atom. The molecule has 0 unspecified atom stereocenters. The predicted octanol–water partition coefficient (Wildman–Crippen LogP) is 3.68. The molecule has 1 aromatic carbocycles. The smallest absolute Gasteiger partial charge is 0.164 e. The Balaban J connectivity index is 2.44. The molecule has 0 fully saturated rings. The summed E-state index contributed by atoms with van der Waals surface area (Å²) in [6.45, 7) is 0. The van der Waals surface area contributed by atoms with E-state index in [0.717, 1.165) is 22.9 Å². The van der Waals surface area contributed by atoms with Crippen LogP contribution >= 0.6 is 15.9 Å². The Labute approximate surface area is 96.1 Å². The van der Waals surface area contributed by atoms with Gasteiger partial charge < -0.3 is 0 Å².